The molecule has 1 fully saturated rings. The molecule has 0 saturated carbocycles. The molecule has 2 aromatic carbocycles. The predicted octanol–water partition coefficient (Wildman–Crippen LogP) is 3.32. The number of hydrogen-bond donors (Lipinski definition) is 3. The van der Waals surface area contributed by atoms with Crippen molar-refractivity contribution in [2.24, 2.45) is 0 Å². The van der Waals surface area contributed by atoms with Crippen LogP contribution in [0.4, 0.5) is 17.2 Å². The molecule has 1 aromatic heterocycles. The first-order chi connectivity index (χ1) is 19.9. The van der Waals surface area contributed by atoms with E-state index >= 15 is 0 Å². The number of carbonyl (C=O) groups excluding carboxylic acids is 3. The minimum Gasteiger partial charge on any atom is -0.465 e. The lowest BCUT2D eigenvalue weighted by Gasteiger charge is -2.34. The van der Waals surface area contributed by atoms with E-state index in [2.05, 4.69) is 51.6 Å². The number of benzene rings is 2. The van der Waals surface area contributed by atoms with Crippen molar-refractivity contribution in [1.29, 1.82) is 0 Å². The van der Waals surface area contributed by atoms with Crippen molar-refractivity contribution < 1.29 is 19.1 Å². The van der Waals surface area contributed by atoms with Gasteiger partial charge >= 0.3 is 5.97 Å². The molecule has 2 heterocycles. The maximum atomic E-state index is 12.5. The normalized spacial score (nSPS) is 14.2. The van der Waals surface area contributed by atoms with Crippen molar-refractivity contribution in [3.05, 3.63) is 65.4 Å². The van der Waals surface area contributed by atoms with Gasteiger partial charge in [-0.1, -0.05) is 22.0 Å². The molecule has 216 valence electrons. The van der Waals surface area contributed by atoms with Crippen LogP contribution in [0.1, 0.15) is 13.3 Å². The molecule has 41 heavy (non-hydrogen) atoms. The first-order valence-electron chi connectivity index (χ1n) is 13.5. The second kappa shape index (κ2) is 15.2. The van der Waals surface area contributed by atoms with Gasteiger partial charge in [-0.2, -0.15) is 0 Å². The molecule has 4 rings (SSSR count). The quantitative estimate of drug-likeness (QED) is 0.158. The molecule has 1 saturated heterocycles. The molecule has 0 unspecified atom stereocenters. The zero-order valence-corrected chi connectivity index (χ0v) is 24.5. The van der Waals surface area contributed by atoms with Crippen LogP contribution in [0, 0.1) is 0 Å². The second-order valence-corrected chi connectivity index (χ2v) is 10.4. The zero-order valence-electron chi connectivity index (χ0n) is 22.9. The average molecular weight is 625 g/mol. The maximum absolute atomic E-state index is 12.5. The number of rotatable bonds is 12. The molecule has 0 atom stereocenters. The number of halogens is 1. The summed E-state index contributed by atoms with van der Waals surface area (Å²) in [5.41, 5.74) is 2.14. The molecule has 3 N–H and O–H groups in total. The summed E-state index contributed by atoms with van der Waals surface area (Å²) in [5, 5.41) is 9.63. The number of piperazine rings is 1. The highest BCUT2D eigenvalue weighted by Crippen LogP contribution is 2.27. The van der Waals surface area contributed by atoms with Gasteiger partial charge in [0.25, 0.3) is 0 Å². The third kappa shape index (κ3) is 9.62. The molecule has 3 aromatic rings. The summed E-state index contributed by atoms with van der Waals surface area (Å²) in [6.45, 7) is 7.27. The fourth-order valence-corrected chi connectivity index (χ4v) is 4.80. The SMILES string of the molecule is CCOC(=O)CN1CCN(CCCNC(=O)/C=C/C(=O)Nc2ccc3ncnc(Nc4cccc(Br)c4)c3c2)CC1. The van der Waals surface area contributed by atoms with Crippen LogP contribution in [0.5, 0.6) is 0 Å². The number of amides is 2. The van der Waals surface area contributed by atoms with Crippen LogP contribution < -0.4 is 16.0 Å². The van der Waals surface area contributed by atoms with Gasteiger partial charge < -0.3 is 25.6 Å². The third-order valence-corrected chi connectivity index (χ3v) is 6.94. The average Bonchev–Trinajstić information content (AvgIpc) is 2.95. The number of carbonyl (C=O) groups is 3. The van der Waals surface area contributed by atoms with E-state index in [-0.39, 0.29) is 11.9 Å². The number of nitrogens with zero attached hydrogens (tertiary/aromatic N) is 4. The van der Waals surface area contributed by atoms with E-state index in [9.17, 15) is 14.4 Å². The summed E-state index contributed by atoms with van der Waals surface area (Å²) >= 11 is 3.46. The molecule has 0 radical (unpaired) electrons. The highest BCUT2D eigenvalue weighted by molar-refractivity contribution is 9.10. The Morgan fingerprint density at radius 3 is 2.54 bits per heavy atom. The highest BCUT2D eigenvalue weighted by Gasteiger charge is 2.19. The van der Waals surface area contributed by atoms with E-state index in [1.807, 2.05) is 24.3 Å². The number of ether oxygens (including phenoxy) is 1. The number of nitrogens with one attached hydrogen (secondary N) is 3. The Morgan fingerprint density at radius 1 is 0.976 bits per heavy atom. The summed E-state index contributed by atoms with van der Waals surface area (Å²) in [7, 11) is 0. The second-order valence-electron chi connectivity index (χ2n) is 9.48. The van der Waals surface area contributed by atoms with Gasteiger partial charge in [-0.25, -0.2) is 9.97 Å². The molecular weight excluding hydrogens is 590 g/mol. The predicted molar refractivity (Wildman–Crippen MR) is 162 cm³/mol. The molecule has 0 bridgehead atoms. The summed E-state index contributed by atoms with van der Waals surface area (Å²) in [6, 6.07) is 13.1. The van der Waals surface area contributed by atoms with Crippen molar-refractivity contribution >= 4 is 61.8 Å². The van der Waals surface area contributed by atoms with Gasteiger partial charge in [-0.05, 0) is 56.3 Å². The Bertz CT molecular complexity index is 1390. The Hall–Kier alpha value is -3.87. The van der Waals surface area contributed by atoms with Crippen molar-refractivity contribution in [2.45, 2.75) is 13.3 Å². The number of aromatic nitrogens is 2. The Kier molecular flexibility index (Phi) is 11.2. The third-order valence-electron chi connectivity index (χ3n) is 6.45. The first-order valence-corrected chi connectivity index (χ1v) is 14.3. The fraction of sp³-hybridized carbons (Fsp3) is 0.345. The topological polar surface area (TPSA) is 129 Å². The van der Waals surface area contributed by atoms with Crippen LogP contribution in [-0.2, 0) is 19.1 Å². The van der Waals surface area contributed by atoms with Crippen LogP contribution in [0.15, 0.2) is 65.4 Å². The van der Waals surface area contributed by atoms with Crippen molar-refractivity contribution in [1.82, 2.24) is 25.1 Å². The summed E-state index contributed by atoms with van der Waals surface area (Å²) in [4.78, 5) is 49.3. The van der Waals surface area contributed by atoms with Gasteiger partial charge in [0.1, 0.15) is 12.1 Å². The lowest BCUT2D eigenvalue weighted by Crippen LogP contribution is -2.48. The summed E-state index contributed by atoms with van der Waals surface area (Å²) < 4.78 is 5.94. The van der Waals surface area contributed by atoms with Gasteiger partial charge in [0, 0.05) is 66.1 Å². The standard InChI is InChI=1S/C29H34BrN7O4/c1-2-41-28(40)19-37-15-13-36(14-16-37)12-4-11-31-26(38)9-10-27(39)34-23-7-8-25-24(18-23)29(33-20-32-25)35-22-6-3-5-21(30)17-22/h3,5-10,17-18,20H,2,4,11-16,19H2,1H3,(H,31,38)(H,34,39)(H,32,33,35)/b10-9+. The molecule has 0 aliphatic carbocycles. The maximum Gasteiger partial charge on any atom is 0.320 e. The molecular formula is C29H34BrN7O4. The minimum absolute atomic E-state index is 0.184. The van der Waals surface area contributed by atoms with Gasteiger partial charge in [0.05, 0.1) is 18.7 Å². The van der Waals surface area contributed by atoms with Crippen LogP contribution in [0.3, 0.4) is 0 Å². The van der Waals surface area contributed by atoms with Crippen LogP contribution in [0.25, 0.3) is 10.9 Å². The van der Waals surface area contributed by atoms with E-state index in [1.54, 1.807) is 25.1 Å². The number of fused-ring (bicyclic) bond motifs is 1. The fourth-order valence-electron chi connectivity index (χ4n) is 4.41. The van der Waals surface area contributed by atoms with Gasteiger partial charge in [-0.15, -0.1) is 0 Å². The number of hydrogen-bond acceptors (Lipinski definition) is 9. The summed E-state index contributed by atoms with van der Waals surface area (Å²) in [5.74, 6) is -0.320. The van der Waals surface area contributed by atoms with Crippen molar-refractivity contribution in [3.63, 3.8) is 0 Å². The smallest absolute Gasteiger partial charge is 0.320 e. The molecule has 1 aliphatic rings. The van der Waals surface area contributed by atoms with Crippen LogP contribution >= 0.6 is 15.9 Å². The molecule has 2 amide bonds. The Labute approximate surface area is 247 Å². The monoisotopic (exact) mass is 623 g/mol. The summed E-state index contributed by atoms with van der Waals surface area (Å²) in [6.07, 6.45) is 4.72. The van der Waals surface area contributed by atoms with Gasteiger partial charge in [0.2, 0.25) is 11.8 Å². The Balaban J connectivity index is 1.19. The molecule has 12 heteroatoms. The van der Waals surface area contributed by atoms with Crippen LogP contribution in [-0.4, -0.2) is 90.0 Å². The zero-order chi connectivity index (χ0) is 29.0. The molecule has 1 aliphatic heterocycles. The first kappa shape index (κ1) is 30.1. The van der Waals surface area contributed by atoms with E-state index in [4.69, 9.17) is 4.74 Å². The van der Waals surface area contributed by atoms with E-state index in [0.29, 0.717) is 31.2 Å². The Morgan fingerprint density at radius 2 is 1.76 bits per heavy atom. The van der Waals surface area contributed by atoms with E-state index in [1.165, 1.54) is 18.5 Å². The molecule has 11 nitrogen and oxygen atoms in total. The highest BCUT2D eigenvalue weighted by atomic mass is 79.9. The van der Waals surface area contributed by atoms with E-state index in [0.717, 1.165) is 60.2 Å². The lowest BCUT2D eigenvalue weighted by molar-refractivity contribution is -0.144. The number of esters is 1. The van der Waals surface area contributed by atoms with Crippen molar-refractivity contribution in [2.75, 3.05) is 63.1 Å². The lowest BCUT2D eigenvalue weighted by atomic mass is 10.2. The largest absolute Gasteiger partial charge is 0.465 e. The van der Waals surface area contributed by atoms with Crippen molar-refractivity contribution in [3.8, 4) is 0 Å². The van der Waals surface area contributed by atoms with Gasteiger partial charge in [0.15, 0.2) is 0 Å². The van der Waals surface area contributed by atoms with E-state index < -0.39 is 5.91 Å². The number of anilines is 3. The van der Waals surface area contributed by atoms with Gasteiger partial charge in [-0.3, -0.25) is 19.3 Å². The van der Waals surface area contributed by atoms with Crippen LogP contribution in [0.2, 0.25) is 0 Å². The molecule has 0 spiro atoms. The minimum atomic E-state index is -0.418.